The third kappa shape index (κ3) is 2.53. The average Bonchev–Trinajstić information content (AvgIpc) is 2.31. The van der Waals surface area contributed by atoms with Crippen LogP contribution in [0.15, 0.2) is 12.4 Å². The third-order valence-electron chi connectivity index (χ3n) is 2.59. The fraction of sp³-hybridized carbons (Fsp3) is 0.500. The fourth-order valence-electron chi connectivity index (χ4n) is 1.77. The van der Waals surface area contributed by atoms with Crippen molar-refractivity contribution < 1.29 is 4.79 Å². The van der Waals surface area contributed by atoms with Crippen LogP contribution in [-0.4, -0.2) is 47.0 Å². The van der Waals surface area contributed by atoms with E-state index in [4.69, 9.17) is 5.73 Å². The van der Waals surface area contributed by atoms with E-state index < -0.39 is 5.91 Å². The van der Waals surface area contributed by atoms with Gasteiger partial charge in [0.15, 0.2) is 5.69 Å². The van der Waals surface area contributed by atoms with Crippen LogP contribution in [0.5, 0.6) is 0 Å². The molecule has 0 bridgehead atoms. The summed E-state index contributed by atoms with van der Waals surface area (Å²) < 4.78 is 0. The summed E-state index contributed by atoms with van der Waals surface area (Å²) >= 11 is 0. The molecule has 0 aromatic carbocycles. The number of aromatic nitrogens is 2. The quantitative estimate of drug-likeness (QED) is 0.682. The van der Waals surface area contributed by atoms with Gasteiger partial charge in [0.25, 0.3) is 5.91 Å². The van der Waals surface area contributed by atoms with Gasteiger partial charge in [-0.1, -0.05) is 0 Å². The van der Waals surface area contributed by atoms with Crippen LogP contribution in [0.1, 0.15) is 16.2 Å². The zero-order valence-corrected chi connectivity index (χ0v) is 9.02. The number of hydrogen-bond donors (Lipinski definition) is 2. The summed E-state index contributed by atoms with van der Waals surface area (Å²) in [5.41, 5.74) is 6.19. The molecular formula is C10H15N5O. The number of nitrogens with zero attached hydrogens (tertiary/aromatic N) is 3. The van der Waals surface area contributed by atoms with Gasteiger partial charge in [-0.3, -0.25) is 14.7 Å². The van der Waals surface area contributed by atoms with E-state index in [0.717, 1.165) is 26.2 Å². The van der Waals surface area contributed by atoms with Crippen molar-refractivity contribution in [1.29, 1.82) is 0 Å². The molecule has 1 amide bonds. The number of carbonyl (C=O) groups is 1. The Bertz CT molecular complexity index is 375. The second-order valence-electron chi connectivity index (χ2n) is 3.74. The van der Waals surface area contributed by atoms with Crippen molar-refractivity contribution in [2.75, 3.05) is 26.2 Å². The molecule has 1 aliphatic heterocycles. The van der Waals surface area contributed by atoms with Gasteiger partial charge in [-0.05, 0) is 0 Å². The summed E-state index contributed by atoms with van der Waals surface area (Å²) in [4.78, 5) is 21.5. The van der Waals surface area contributed by atoms with Gasteiger partial charge in [0.2, 0.25) is 0 Å². The molecule has 2 heterocycles. The van der Waals surface area contributed by atoms with Gasteiger partial charge < -0.3 is 11.1 Å². The van der Waals surface area contributed by atoms with Gasteiger partial charge in [-0.2, -0.15) is 0 Å². The Morgan fingerprint density at radius 1 is 1.38 bits per heavy atom. The number of piperazine rings is 1. The van der Waals surface area contributed by atoms with Crippen molar-refractivity contribution in [2.45, 2.75) is 6.54 Å². The van der Waals surface area contributed by atoms with Gasteiger partial charge in [0, 0.05) is 45.1 Å². The van der Waals surface area contributed by atoms with Crippen LogP contribution in [0.4, 0.5) is 0 Å². The van der Waals surface area contributed by atoms with E-state index >= 15 is 0 Å². The summed E-state index contributed by atoms with van der Waals surface area (Å²) in [6.07, 6.45) is 3.07. The summed E-state index contributed by atoms with van der Waals surface area (Å²) in [5, 5.41) is 3.27. The minimum absolute atomic E-state index is 0.279. The van der Waals surface area contributed by atoms with E-state index in [0.29, 0.717) is 12.2 Å². The van der Waals surface area contributed by atoms with E-state index in [1.54, 1.807) is 6.20 Å². The number of hydrogen-bond acceptors (Lipinski definition) is 5. The highest BCUT2D eigenvalue weighted by Gasteiger charge is 2.15. The van der Waals surface area contributed by atoms with Crippen LogP contribution >= 0.6 is 0 Å². The molecule has 16 heavy (non-hydrogen) atoms. The Hall–Kier alpha value is -1.53. The molecule has 86 valence electrons. The predicted octanol–water partition coefficient (Wildman–Crippen LogP) is -1.02. The van der Waals surface area contributed by atoms with E-state index in [9.17, 15) is 4.79 Å². The Morgan fingerprint density at radius 2 is 2.06 bits per heavy atom. The largest absolute Gasteiger partial charge is 0.364 e. The average molecular weight is 221 g/mol. The minimum Gasteiger partial charge on any atom is -0.364 e. The van der Waals surface area contributed by atoms with Gasteiger partial charge >= 0.3 is 0 Å². The molecule has 2 rings (SSSR count). The minimum atomic E-state index is -0.516. The Balaban J connectivity index is 2.10. The first-order valence-corrected chi connectivity index (χ1v) is 5.30. The molecule has 0 radical (unpaired) electrons. The second kappa shape index (κ2) is 5.00. The summed E-state index contributed by atoms with van der Waals surface area (Å²) in [7, 11) is 0. The van der Waals surface area contributed by atoms with E-state index in [2.05, 4.69) is 20.2 Å². The lowest BCUT2D eigenvalue weighted by Gasteiger charge is -2.26. The highest BCUT2D eigenvalue weighted by molar-refractivity contribution is 5.91. The topological polar surface area (TPSA) is 84.1 Å². The number of carbonyl (C=O) groups excluding carboxylic acids is 1. The lowest BCUT2D eigenvalue weighted by molar-refractivity contribution is 0.0992. The zero-order chi connectivity index (χ0) is 11.4. The molecule has 3 N–H and O–H groups in total. The Morgan fingerprint density at radius 3 is 2.75 bits per heavy atom. The Labute approximate surface area is 93.9 Å². The van der Waals surface area contributed by atoms with Crippen LogP contribution in [-0.2, 0) is 6.54 Å². The molecule has 1 saturated heterocycles. The van der Waals surface area contributed by atoms with Crippen molar-refractivity contribution in [3.63, 3.8) is 0 Å². The first-order chi connectivity index (χ1) is 7.77. The first kappa shape index (κ1) is 11.0. The van der Waals surface area contributed by atoms with Gasteiger partial charge in [-0.25, -0.2) is 4.98 Å². The molecule has 1 aromatic heterocycles. The fourth-order valence-corrected chi connectivity index (χ4v) is 1.77. The first-order valence-electron chi connectivity index (χ1n) is 5.30. The lowest BCUT2D eigenvalue weighted by Crippen LogP contribution is -2.43. The lowest BCUT2D eigenvalue weighted by atomic mass is 10.2. The third-order valence-corrected chi connectivity index (χ3v) is 2.59. The molecule has 1 aliphatic rings. The summed E-state index contributed by atoms with van der Waals surface area (Å²) in [6, 6.07) is 0. The van der Waals surface area contributed by atoms with Crippen molar-refractivity contribution in [1.82, 2.24) is 20.2 Å². The van der Waals surface area contributed by atoms with Crippen molar-refractivity contribution in [2.24, 2.45) is 5.73 Å². The van der Waals surface area contributed by atoms with Crippen molar-refractivity contribution >= 4 is 5.91 Å². The van der Waals surface area contributed by atoms with E-state index in [1.165, 1.54) is 6.20 Å². The molecule has 1 aromatic rings. The predicted molar refractivity (Wildman–Crippen MR) is 58.7 cm³/mol. The maximum atomic E-state index is 11.2. The summed E-state index contributed by atoms with van der Waals surface area (Å²) in [5.74, 6) is -0.516. The summed E-state index contributed by atoms with van der Waals surface area (Å²) in [6.45, 7) is 4.47. The molecule has 0 atom stereocenters. The van der Waals surface area contributed by atoms with Crippen LogP contribution in [0, 0.1) is 0 Å². The SMILES string of the molecule is NC(=O)c1nccnc1CN1CCNCC1. The van der Waals surface area contributed by atoms with Crippen molar-refractivity contribution in [3.05, 3.63) is 23.8 Å². The molecular weight excluding hydrogens is 206 g/mol. The standard InChI is InChI=1S/C10H15N5O/c11-10(16)9-8(13-1-2-14-9)7-15-5-3-12-4-6-15/h1-2,12H,3-7H2,(H2,11,16). The maximum absolute atomic E-state index is 11.2. The number of nitrogens with two attached hydrogens (primary N) is 1. The number of primary amides is 1. The molecule has 6 nitrogen and oxygen atoms in total. The molecule has 0 saturated carbocycles. The maximum Gasteiger partial charge on any atom is 0.269 e. The highest BCUT2D eigenvalue weighted by Crippen LogP contribution is 2.06. The van der Waals surface area contributed by atoms with Gasteiger partial charge in [-0.15, -0.1) is 0 Å². The zero-order valence-electron chi connectivity index (χ0n) is 9.02. The van der Waals surface area contributed by atoms with Gasteiger partial charge in [0.05, 0.1) is 5.69 Å². The number of amides is 1. The number of nitrogens with one attached hydrogen (secondary N) is 1. The molecule has 1 fully saturated rings. The number of rotatable bonds is 3. The molecule has 0 unspecified atom stereocenters. The van der Waals surface area contributed by atoms with Crippen LogP contribution in [0.25, 0.3) is 0 Å². The van der Waals surface area contributed by atoms with Crippen LogP contribution in [0.3, 0.4) is 0 Å². The van der Waals surface area contributed by atoms with Crippen LogP contribution in [0.2, 0.25) is 0 Å². The highest BCUT2D eigenvalue weighted by atomic mass is 16.1. The van der Waals surface area contributed by atoms with E-state index in [-0.39, 0.29) is 5.69 Å². The Kier molecular flexibility index (Phi) is 3.43. The second-order valence-corrected chi connectivity index (χ2v) is 3.74. The molecule has 6 heteroatoms. The molecule has 0 aliphatic carbocycles. The van der Waals surface area contributed by atoms with E-state index in [1.807, 2.05) is 0 Å². The van der Waals surface area contributed by atoms with Crippen LogP contribution < -0.4 is 11.1 Å². The normalized spacial score (nSPS) is 17.2. The van der Waals surface area contributed by atoms with Crippen molar-refractivity contribution in [3.8, 4) is 0 Å². The molecule has 0 spiro atoms. The smallest absolute Gasteiger partial charge is 0.269 e. The monoisotopic (exact) mass is 221 g/mol. The van der Waals surface area contributed by atoms with Gasteiger partial charge in [0.1, 0.15) is 0 Å².